The average molecular weight is 268 g/mol. The van der Waals surface area contributed by atoms with Crippen molar-refractivity contribution < 1.29 is 0 Å². The maximum absolute atomic E-state index is 4.61. The van der Waals surface area contributed by atoms with Crippen LogP contribution >= 0.6 is 0 Å². The molecule has 2 aliphatic carbocycles. The molecule has 2 bridgehead atoms. The lowest BCUT2D eigenvalue weighted by atomic mass is 9.70. The van der Waals surface area contributed by atoms with E-state index in [1.54, 1.807) is 0 Å². The fourth-order valence-electron chi connectivity index (χ4n) is 4.26. The number of nitrogens with zero attached hydrogens (tertiary/aromatic N) is 4. The van der Waals surface area contributed by atoms with Crippen LogP contribution in [0.3, 0.4) is 0 Å². The normalized spacial score (nSPS) is 29.7. The molecule has 2 atom stereocenters. The summed E-state index contributed by atoms with van der Waals surface area (Å²) >= 11 is 0. The minimum Gasteiger partial charge on any atom is -0.275 e. The predicted molar refractivity (Wildman–Crippen MR) is 77.3 cm³/mol. The lowest BCUT2D eigenvalue weighted by Crippen LogP contribution is -2.32. The van der Waals surface area contributed by atoms with Gasteiger partial charge in [0.05, 0.1) is 17.6 Å². The molecule has 0 radical (unpaired) electrons. The number of aryl methyl sites for hydroxylation is 1. The van der Waals surface area contributed by atoms with Crippen LogP contribution in [0, 0.1) is 5.41 Å². The Morgan fingerprint density at radius 1 is 1.25 bits per heavy atom. The number of aromatic nitrogens is 4. The van der Waals surface area contributed by atoms with E-state index in [9.17, 15) is 0 Å². The third kappa shape index (κ3) is 1.25. The van der Waals surface area contributed by atoms with Crippen LogP contribution in [0.4, 0.5) is 0 Å². The maximum Gasteiger partial charge on any atom is 0.0964 e. The first-order valence-electron chi connectivity index (χ1n) is 7.30. The molecular weight excluding hydrogens is 248 g/mol. The van der Waals surface area contributed by atoms with E-state index in [4.69, 9.17) is 0 Å². The summed E-state index contributed by atoms with van der Waals surface area (Å²) in [5, 5.41) is 13.3. The molecular formula is C16H20N4. The third-order valence-electron chi connectivity index (χ3n) is 5.95. The molecule has 2 heterocycles. The van der Waals surface area contributed by atoms with Crippen LogP contribution in [-0.2, 0) is 12.5 Å². The Balaban J connectivity index is 1.88. The van der Waals surface area contributed by atoms with Crippen LogP contribution in [0.1, 0.15) is 50.8 Å². The van der Waals surface area contributed by atoms with Gasteiger partial charge in [-0.25, -0.2) is 0 Å². The smallest absolute Gasteiger partial charge is 0.0964 e. The van der Waals surface area contributed by atoms with Crippen molar-refractivity contribution in [3.05, 3.63) is 29.7 Å². The van der Waals surface area contributed by atoms with Gasteiger partial charge < -0.3 is 0 Å². The van der Waals surface area contributed by atoms with E-state index in [0.717, 1.165) is 11.3 Å². The van der Waals surface area contributed by atoms with Gasteiger partial charge in [-0.05, 0) is 35.8 Å². The van der Waals surface area contributed by atoms with Gasteiger partial charge in [-0.1, -0.05) is 20.8 Å². The maximum atomic E-state index is 4.61. The molecule has 2 aromatic heterocycles. The zero-order valence-corrected chi connectivity index (χ0v) is 12.5. The molecule has 4 heteroatoms. The van der Waals surface area contributed by atoms with Crippen molar-refractivity contribution in [3.8, 4) is 11.3 Å². The largest absolute Gasteiger partial charge is 0.275 e. The van der Waals surface area contributed by atoms with Gasteiger partial charge in [0.2, 0.25) is 0 Å². The van der Waals surface area contributed by atoms with Crippen molar-refractivity contribution in [3.63, 3.8) is 0 Å². The zero-order chi connectivity index (χ0) is 14.1. The van der Waals surface area contributed by atoms with Crippen molar-refractivity contribution in [1.82, 2.24) is 20.0 Å². The van der Waals surface area contributed by atoms with Gasteiger partial charge in [-0.2, -0.15) is 15.3 Å². The summed E-state index contributed by atoms with van der Waals surface area (Å²) in [4.78, 5) is 0. The standard InChI is InChI=1S/C16H20N4/c1-15(2)12-5-6-16(15,3)14-11(12)7-13(18-19-14)10-8-17-20(4)9-10/h7-9,12H,5-6H2,1-4H3/t12-,16+/m0/s1. The summed E-state index contributed by atoms with van der Waals surface area (Å²) in [7, 11) is 1.93. The van der Waals surface area contributed by atoms with Crippen LogP contribution in [0.5, 0.6) is 0 Å². The molecule has 4 rings (SSSR count). The monoisotopic (exact) mass is 268 g/mol. The molecule has 0 amide bonds. The van der Waals surface area contributed by atoms with Gasteiger partial charge in [-0.15, -0.1) is 0 Å². The molecule has 0 unspecified atom stereocenters. The van der Waals surface area contributed by atoms with Crippen molar-refractivity contribution in [1.29, 1.82) is 0 Å². The molecule has 0 N–H and O–H groups in total. The molecule has 0 spiro atoms. The fraction of sp³-hybridized carbons (Fsp3) is 0.562. The van der Waals surface area contributed by atoms with Crippen LogP contribution in [-0.4, -0.2) is 20.0 Å². The Morgan fingerprint density at radius 3 is 2.75 bits per heavy atom. The number of hydrogen-bond donors (Lipinski definition) is 0. The lowest BCUT2D eigenvalue weighted by Gasteiger charge is -2.33. The van der Waals surface area contributed by atoms with Gasteiger partial charge in [0.25, 0.3) is 0 Å². The Hall–Kier alpha value is -1.71. The number of hydrogen-bond acceptors (Lipinski definition) is 3. The minimum atomic E-state index is 0.188. The first kappa shape index (κ1) is 12.1. The highest BCUT2D eigenvalue weighted by molar-refractivity contribution is 5.60. The SMILES string of the molecule is Cn1cc(-c2cc3c(nn2)[C@@]2(C)CC[C@@H]3C2(C)C)cn1. The molecule has 0 saturated heterocycles. The molecule has 1 fully saturated rings. The quantitative estimate of drug-likeness (QED) is 0.798. The summed E-state index contributed by atoms with van der Waals surface area (Å²) < 4.78 is 1.81. The van der Waals surface area contributed by atoms with E-state index in [1.165, 1.54) is 24.1 Å². The first-order chi connectivity index (χ1) is 9.43. The topological polar surface area (TPSA) is 43.6 Å². The highest BCUT2D eigenvalue weighted by Crippen LogP contribution is 2.67. The molecule has 4 nitrogen and oxygen atoms in total. The van der Waals surface area contributed by atoms with Gasteiger partial charge in [0.15, 0.2) is 0 Å². The predicted octanol–water partition coefficient (Wildman–Crippen LogP) is 3.05. The molecule has 2 aliphatic rings. The van der Waals surface area contributed by atoms with Crippen molar-refractivity contribution in [2.24, 2.45) is 12.5 Å². The molecule has 0 aromatic carbocycles. The van der Waals surface area contributed by atoms with Crippen LogP contribution in [0.15, 0.2) is 18.5 Å². The van der Waals surface area contributed by atoms with E-state index in [-0.39, 0.29) is 10.8 Å². The fourth-order valence-corrected chi connectivity index (χ4v) is 4.26. The van der Waals surface area contributed by atoms with Gasteiger partial charge >= 0.3 is 0 Å². The Bertz CT molecular complexity index is 700. The van der Waals surface area contributed by atoms with E-state index in [2.05, 4.69) is 42.1 Å². The van der Waals surface area contributed by atoms with Crippen LogP contribution in [0.25, 0.3) is 11.3 Å². The first-order valence-corrected chi connectivity index (χ1v) is 7.30. The summed E-state index contributed by atoms with van der Waals surface area (Å²) in [6, 6.07) is 2.25. The van der Waals surface area contributed by atoms with Gasteiger partial charge in [0, 0.05) is 24.2 Å². The van der Waals surface area contributed by atoms with Crippen molar-refractivity contribution in [2.45, 2.75) is 44.9 Å². The second-order valence-electron chi connectivity index (χ2n) is 7.08. The van der Waals surface area contributed by atoms with E-state index in [0.29, 0.717) is 5.92 Å². The zero-order valence-electron chi connectivity index (χ0n) is 12.5. The van der Waals surface area contributed by atoms with Crippen molar-refractivity contribution in [2.75, 3.05) is 0 Å². The lowest BCUT2D eigenvalue weighted by molar-refractivity contribution is 0.226. The van der Waals surface area contributed by atoms with Gasteiger partial charge in [-0.3, -0.25) is 4.68 Å². The molecule has 0 aliphatic heterocycles. The second kappa shape index (κ2) is 3.48. The summed E-state index contributed by atoms with van der Waals surface area (Å²) in [6.45, 7) is 7.13. The molecule has 20 heavy (non-hydrogen) atoms. The summed E-state index contributed by atoms with van der Waals surface area (Å²) in [5.74, 6) is 0.619. The number of rotatable bonds is 1. The highest BCUT2D eigenvalue weighted by Gasteiger charge is 2.60. The molecule has 104 valence electrons. The third-order valence-corrected chi connectivity index (χ3v) is 5.95. The van der Waals surface area contributed by atoms with Crippen molar-refractivity contribution >= 4 is 0 Å². The summed E-state index contributed by atoms with van der Waals surface area (Å²) in [6.07, 6.45) is 6.36. The highest BCUT2D eigenvalue weighted by atomic mass is 15.2. The van der Waals surface area contributed by atoms with Crippen LogP contribution in [0.2, 0.25) is 0 Å². The average Bonchev–Trinajstić information content (AvgIpc) is 2.98. The molecule has 1 saturated carbocycles. The minimum absolute atomic E-state index is 0.188. The second-order valence-corrected chi connectivity index (χ2v) is 7.08. The van der Waals surface area contributed by atoms with E-state index < -0.39 is 0 Å². The summed E-state index contributed by atoms with van der Waals surface area (Å²) in [5.41, 5.74) is 5.12. The van der Waals surface area contributed by atoms with Gasteiger partial charge in [0.1, 0.15) is 0 Å². The molecule has 2 aromatic rings. The van der Waals surface area contributed by atoms with E-state index in [1.807, 2.05) is 24.1 Å². The number of fused-ring (bicyclic) bond motifs is 5. The Morgan fingerprint density at radius 2 is 2.05 bits per heavy atom. The van der Waals surface area contributed by atoms with E-state index >= 15 is 0 Å². The van der Waals surface area contributed by atoms with Crippen LogP contribution < -0.4 is 0 Å². The Kier molecular flexibility index (Phi) is 2.10. The Labute approximate surface area is 119 Å².